The largest absolute Gasteiger partial charge is 0.368 e. The van der Waals surface area contributed by atoms with E-state index >= 15 is 0 Å². The average molecular weight is 520 g/mol. The molecule has 4 aromatic rings. The first-order valence-electron chi connectivity index (χ1n) is 13.3. The monoisotopic (exact) mass is 519 g/mol. The maximum Gasteiger partial charge on any atom is 0.227 e. The van der Waals surface area contributed by atoms with Crippen molar-refractivity contribution in [3.05, 3.63) is 90.6 Å². The van der Waals surface area contributed by atoms with Crippen LogP contribution < -0.4 is 10.2 Å². The molecule has 1 amide bonds. The molecule has 1 aliphatic rings. The molecule has 0 atom stereocenters. The van der Waals surface area contributed by atoms with Gasteiger partial charge in [-0.2, -0.15) is 0 Å². The molecule has 1 fully saturated rings. The van der Waals surface area contributed by atoms with E-state index in [0.29, 0.717) is 18.8 Å². The number of carbonyl (C=O) groups excluding carboxylic acids is 2. The number of allylic oxidation sites excluding steroid dienone is 1. The van der Waals surface area contributed by atoms with E-state index in [4.69, 9.17) is 4.98 Å². The molecule has 0 bridgehead atoms. The first kappa shape index (κ1) is 26.1. The van der Waals surface area contributed by atoms with E-state index in [1.54, 1.807) is 6.92 Å². The summed E-state index contributed by atoms with van der Waals surface area (Å²) in [6.45, 7) is 10.4. The van der Waals surface area contributed by atoms with Crippen LogP contribution in [0.25, 0.3) is 22.0 Å². The lowest BCUT2D eigenvalue weighted by Gasteiger charge is -2.35. The summed E-state index contributed by atoms with van der Waals surface area (Å²) in [5.74, 6) is 0.717. The van der Waals surface area contributed by atoms with Crippen LogP contribution >= 0.6 is 0 Å². The minimum absolute atomic E-state index is 0.0498. The number of aryl methyl sites for hydroxylation is 2. The smallest absolute Gasteiger partial charge is 0.227 e. The van der Waals surface area contributed by atoms with Gasteiger partial charge in [0.1, 0.15) is 0 Å². The zero-order valence-corrected chi connectivity index (χ0v) is 22.5. The molecule has 1 aromatic heterocycles. The Morgan fingerprint density at radius 1 is 1.03 bits per heavy atom. The minimum Gasteiger partial charge on any atom is -0.368 e. The number of aromatic nitrogens is 2. The summed E-state index contributed by atoms with van der Waals surface area (Å²) in [4.78, 5) is 37.0. The molecule has 0 aliphatic carbocycles. The molecule has 0 unspecified atom stereocenters. The Balaban J connectivity index is 1.37. The fourth-order valence-corrected chi connectivity index (χ4v) is 5.04. The second-order valence-corrected chi connectivity index (χ2v) is 9.92. The van der Waals surface area contributed by atoms with Gasteiger partial charge in [0.25, 0.3) is 0 Å². The van der Waals surface area contributed by atoms with Gasteiger partial charge in [-0.05, 0) is 60.4 Å². The van der Waals surface area contributed by atoms with Crippen molar-refractivity contribution in [1.82, 2.24) is 14.9 Å². The van der Waals surface area contributed by atoms with Crippen LogP contribution in [-0.4, -0.2) is 52.7 Å². The lowest BCUT2D eigenvalue weighted by Crippen LogP contribution is -2.48. The number of hydrogen-bond donors (Lipinski definition) is 1. The van der Waals surface area contributed by atoms with Gasteiger partial charge in [-0.15, -0.1) is 0 Å². The summed E-state index contributed by atoms with van der Waals surface area (Å²) in [5, 5.41) is 4.32. The number of nitrogens with one attached hydrogen (secondary N) is 1. The molecule has 1 saturated heterocycles. The summed E-state index contributed by atoms with van der Waals surface area (Å²) >= 11 is 0. The molecule has 0 saturated carbocycles. The quantitative estimate of drug-likeness (QED) is 0.301. The Hall–Kier alpha value is -4.52. The molecule has 3 aromatic carbocycles. The van der Waals surface area contributed by atoms with E-state index in [2.05, 4.69) is 65.1 Å². The standard InChI is InChI=1S/C32H33N5O2/c1-4-29(39)15-9-24-6-5-7-25(20-24)30-22(2)8-10-26-21-33-32(35-31(26)30)34-27-11-13-28(14-12-27)37-18-16-36(17-19-37)23(3)38/h4-8,10-14,20-21H,1,9,15-19H2,2-3H3,(H,33,34,35). The van der Waals surface area contributed by atoms with Crippen LogP contribution in [0.15, 0.2) is 79.5 Å². The van der Waals surface area contributed by atoms with E-state index in [-0.39, 0.29) is 11.7 Å². The van der Waals surface area contributed by atoms with Crippen LogP contribution in [0.3, 0.4) is 0 Å². The highest BCUT2D eigenvalue weighted by Crippen LogP contribution is 2.32. The van der Waals surface area contributed by atoms with Crippen molar-refractivity contribution in [1.29, 1.82) is 0 Å². The van der Waals surface area contributed by atoms with Crippen LogP contribution in [-0.2, 0) is 16.0 Å². The van der Waals surface area contributed by atoms with Crippen molar-refractivity contribution in [2.75, 3.05) is 36.4 Å². The highest BCUT2D eigenvalue weighted by molar-refractivity contribution is 5.96. The number of hydrogen-bond acceptors (Lipinski definition) is 6. The summed E-state index contributed by atoms with van der Waals surface area (Å²) in [7, 11) is 0. The Bertz CT molecular complexity index is 1520. The van der Waals surface area contributed by atoms with E-state index in [9.17, 15) is 9.59 Å². The summed E-state index contributed by atoms with van der Waals surface area (Å²) in [5.41, 5.74) is 7.29. The lowest BCUT2D eigenvalue weighted by molar-refractivity contribution is -0.129. The number of carbonyl (C=O) groups is 2. The lowest BCUT2D eigenvalue weighted by atomic mass is 9.95. The SMILES string of the molecule is C=CC(=O)CCc1cccc(-c2c(C)ccc3cnc(Nc4ccc(N5CCN(C(C)=O)CC5)cc4)nc23)c1. The van der Waals surface area contributed by atoms with Gasteiger partial charge in [0, 0.05) is 68.0 Å². The number of fused-ring (bicyclic) bond motifs is 1. The van der Waals surface area contributed by atoms with Crippen LogP contribution in [0.1, 0.15) is 24.5 Å². The molecule has 7 nitrogen and oxygen atoms in total. The molecule has 0 radical (unpaired) electrons. The van der Waals surface area contributed by atoms with Gasteiger partial charge in [0.15, 0.2) is 5.78 Å². The van der Waals surface area contributed by atoms with Crippen LogP contribution in [0.4, 0.5) is 17.3 Å². The molecule has 39 heavy (non-hydrogen) atoms. The third-order valence-electron chi connectivity index (χ3n) is 7.28. The van der Waals surface area contributed by atoms with Crippen LogP contribution in [0.2, 0.25) is 0 Å². The number of piperazine rings is 1. The van der Waals surface area contributed by atoms with Crippen molar-refractivity contribution in [3.63, 3.8) is 0 Å². The summed E-state index contributed by atoms with van der Waals surface area (Å²) < 4.78 is 0. The molecule has 1 N–H and O–H groups in total. The molecule has 2 heterocycles. The molecule has 0 spiro atoms. The van der Waals surface area contributed by atoms with Crippen LogP contribution in [0.5, 0.6) is 0 Å². The summed E-state index contributed by atoms with van der Waals surface area (Å²) in [6.07, 6.45) is 4.36. The number of nitrogens with zero attached hydrogens (tertiary/aromatic N) is 4. The topological polar surface area (TPSA) is 78.4 Å². The van der Waals surface area contributed by atoms with Crippen molar-refractivity contribution >= 4 is 39.9 Å². The zero-order valence-electron chi connectivity index (χ0n) is 22.5. The van der Waals surface area contributed by atoms with Crippen molar-refractivity contribution < 1.29 is 9.59 Å². The average Bonchev–Trinajstić information content (AvgIpc) is 2.96. The first-order valence-corrected chi connectivity index (χ1v) is 13.3. The van der Waals surface area contributed by atoms with E-state index < -0.39 is 0 Å². The number of amides is 1. The molecule has 198 valence electrons. The zero-order chi connectivity index (χ0) is 27.4. The van der Waals surface area contributed by atoms with Gasteiger partial charge in [-0.3, -0.25) is 9.59 Å². The number of rotatable bonds is 8. The molecule has 7 heteroatoms. The third-order valence-corrected chi connectivity index (χ3v) is 7.28. The van der Waals surface area contributed by atoms with Crippen LogP contribution in [0, 0.1) is 6.92 Å². The van der Waals surface area contributed by atoms with Gasteiger partial charge in [-0.1, -0.05) is 43.0 Å². The van der Waals surface area contributed by atoms with Crippen molar-refractivity contribution in [2.45, 2.75) is 26.7 Å². The van der Waals surface area contributed by atoms with Crippen molar-refractivity contribution in [2.24, 2.45) is 0 Å². The van der Waals surface area contributed by atoms with Gasteiger partial charge >= 0.3 is 0 Å². The Morgan fingerprint density at radius 3 is 2.51 bits per heavy atom. The molecule has 1 aliphatic heterocycles. The number of ketones is 1. The van der Waals surface area contributed by atoms with E-state index in [1.807, 2.05) is 35.4 Å². The van der Waals surface area contributed by atoms with E-state index in [1.165, 1.54) is 6.08 Å². The Labute approximate surface area is 229 Å². The highest BCUT2D eigenvalue weighted by Gasteiger charge is 2.19. The maximum atomic E-state index is 11.7. The highest BCUT2D eigenvalue weighted by atomic mass is 16.2. The van der Waals surface area contributed by atoms with Gasteiger partial charge in [0.05, 0.1) is 5.52 Å². The summed E-state index contributed by atoms with van der Waals surface area (Å²) in [6, 6.07) is 20.7. The fourth-order valence-electron chi connectivity index (χ4n) is 5.04. The molecular weight excluding hydrogens is 486 g/mol. The second-order valence-electron chi connectivity index (χ2n) is 9.92. The predicted octanol–water partition coefficient (Wildman–Crippen LogP) is 5.71. The number of anilines is 3. The second kappa shape index (κ2) is 11.5. The molecule has 5 rings (SSSR count). The van der Waals surface area contributed by atoms with Gasteiger partial charge < -0.3 is 15.1 Å². The van der Waals surface area contributed by atoms with Gasteiger partial charge in [0.2, 0.25) is 11.9 Å². The van der Waals surface area contributed by atoms with E-state index in [0.717, 1.165) is 70.7 Å². The number of benzene rings is 3. The fraction of sp³-hybridized carbons (Fsp3) is 0.250. The normalized spacial score (nSPS) is 13.4. The van der Waals surface area contributed by atoms with Gasteiger partial charge in [-0.25, -0.2) is 9.97 Å². The third kappa shape index (κ3) is 5.98. The van der Waals surface area contributed by atoms with Crippen molar-refractivity contribution in [3.8, 4) is 11.1 Å². The minimum atomic E-state index is 0.0498. The first-order chi connectivity index (χ1) is 18.9. The predicted molar refractivity (Wildman–Crippen MR) is 157 cm³/mol. The Morgan fingerprint density at radius 2 is 1.79 bits per heavy atom. The molecular formula is C32H33N5O2. The maximum absolute atomic E-state index is 11.7. The Kier molecular flexibility index (Phi) is 7.68.